The number of benzene rings is 3. The van der Waals surface area contributed by atoms with E-state index in [0.29, 0.717) is 41.1 Å². The summed E-state index contributed by atoms with van der Waals surface area (Å²) in [6, 6.07) is 19.0. The molecular weight excluding hydrogens is 460 g/mol. The molecule has 0 fully saturated rings. The van der Waals surface area contributed by atoms with Crippen LogP contribution in [0.4, 0.5) is 11.5 Å². The quantitative estimate of drug-likeness (QED) is 0.318. The fourth-order valence-electron chi connectivity index (χ4n) is 4.56. The Morgan fingerprint density at radius 3 is 2.51 bits per heavy atom. The van der Waals surface area contributed by atoms with Gasteiger partial charge in [0.1, 0.15) is 5.52 Å². The Morgan fingerprint density at radius 2 is 1.69 bits per heavy atom. The molecule has 35 heavy (non-hydrogen) atoms. The van der Waals surface area contributed by atoms with Crippen molar-refractivity contribution in [3.05, 3.63) is 67.0 Å². The van der Waals surface area contributed by atoms with Gasteiger partial charge in [0.2, 0.25) is 10.0 Å². The molecule has 0 aliphatic carbocycles. The average molecular weight is 489 g/mol. The number of nitrogens with zero attached hydrogens (tertiary/aromatic N) is 4. The zero-order chi connectivity index (χ0) is 24.6. The van der Waals surface area contributed by atoms with Crippen LogP contribution in [0, 0.1) is 0 Å². The van der Waals surface area contributed by atoms with Gasteiger partial charge in [-0.3, -0.25) is 0 Å². The zero-order valence-electron chi connectivity index (χ0n) is 19.8. The fraction of sp³-hybridized carbons (Fsp3) is 0.231. The van der Waals surface area contributed by atoms with Gasteiger partial charge in [0.05, 0.1) is 22.3 Å². The van der Waals surface area contributed by atoms with Crippen molar-refractivity contribution in [2.45, 2.75) is 24.3 Å². The van der Waals surface area contributed by atoms with Gasteiger partial charge in [-0.2, -0.15) is 0 Å². The fourth-order valence-corrected chi connectivity index (χ4v) is 5.85. The minimum atomic E-state index is -3.65. The highest BCUT2D eigenvalue weighted by atomic mass is 32.2. The highest BCUT2D eigenvalue weighted by molar-refractivity contribution is 7.89. The van der Waals surface area contributed by atoms with Gasteiger partial charge < -0.3 is 15.2 Å². The number of rotatable bonds is 8. The van der Waals surface area contributed by atoms with E-state index in [2.05, 4.69) is 19.3 Å². The lowest BCUT2D eigenvalue weighted by atomic mass is 10.1. The molecule has 8 nitrogen and oxygen atoms in total. The van der Waals surface area contributed by atoms with E-state index in [1.807, 2.05) is 67.5 Å². The summed E-state index contributed by atoms with van der Waals surface area (Å²) >= 11 is 0. The summed E-state index contributed by atoms with van der Waals surface area (Å²) < 4.78 is 31.1. The molecule has 0 aliphatic rings. The smallest absolute Gasteiger partial charge is 0.241 e. The third-order valence-corrected chi connectivity index (χ3v) is 7.75. The van der Waals surface area contributed by atoms with E-state index < -0.39 is 10.0 Å². The monoisotopic (exact) mass is 488 g/mol. The van der Waals surface area contributed by atoms with Crippen LogP contribution in [-0.4, -0.2) is 43.6 Å². The van der Waals surface area contributed by atoms with Crippen molar-refractivity contribution >= 4 is 54.2 Å². The number of aryl methyl sites for hydroxylation is 1. The van der Waals surface area contributed by atoms with Crippen LogP contribution in [0.1, 0.15) is 12.8 Å². The van der Waals surface area contributed by atoms with E-state index >= 15 is 0 Å². The molecule has 3 aromatic carbocycles. The number of nitrogen functional groups attached to an aromatic ring is 1. The number of pyridine rings is 1. The van der Waals surface area contributed by atoms with Crippen LogP contribution in [0.25, 0.3) is 32.7 Å². The Bertz CT molecular complexity index is 1640. The molecule has 0 radical (unpaired) electrons. The summed E-state index contributed by atoms with van der Waals surface area (Å²) in [4.78, 5) is 11.2. The first-order chi connectivity index (χ1) is 16.9. The predicted octanol–water partition coefficient (Wildman–Crippen LogP) is 4.14. The normalized spacial score (nSPS) is 12.1. The summed E-state index contributed by atoms with van der Waals surface area (Å²) in [6.07, 6.45) is 3.24. The highest BCUT2D eigenvalue weighted by Gasteiger charge is 2.18. The lowest BCUT2D eigenvalue weighted by Gasteiger charge is -2.17. The number of anilines is 2. The summed E-state index contributed by atoms with van der Waals surface area (Å²) in [5.74, 6) is 0.415. The van der Waals surface area contributed by atoms with Gasteiger partial charge in [-0.1, -0.05) is 42.5 Å². The molecule has 2 heterocycles. The second-order valence-corrected chi connectivity index (χ2v) is 10.5. The van der Waals surface area contributed by atoms with Crippen LogP contribution in [-0.2, 0) is 16.6 Å². The van der Waals surface area contributed by atoms with Gasteiger partial charge in [-0.15, -0.1) is 0 Å². The predicted molar refractivity (Wildman–Crippen MR) is 142 cm³/mol. The molecule has 5 aromatic rings. The highest BCUT2D eigenvalue weighted by Crippen LogP contribution is 2.30. The van der Waals surface area contributed by atoms with Crippen LogP contribution >= 0.6 is 0 Å². The first-order valence-electron chi connectivity index (χ1n) is 11.5. The number of hydrogen-bond donors (Lipinski definition) is 2. The first kappa shape index (κ1) is 23.1. The van der Waals surface area contributed by atoms with E-state index in [-0.39, 0.29) is 0 Å². The van der Waals surface area contributed by atoms with Crippen molar-refractivity contribution in [1.29, 1.82) is 0 Å². The van der Waals surface area contributed by atoms with Crippen molar-refractivity contribution in [2.75, 3.05) is 31.3 Å². The molecule has 0 aliphatic heterocycles. The third kappa shape index (κ3) is 4.28. The molecule has 0 spiro atoms. The molecule has 0 bridgehead atoms. The number of sulfonamides is 1. The van der Waals surface area contributed by atoms with Crippen molar-refractivity contribution in [3.63, 3.8) is 0 Å². The number of imidazole rings is 1. The van der Waals surface area contributed by atoms with E-state index in [0.717, 1.165) is 33.9 Å². The van der Waals surface area contributed by atoms with Crippen molar-refractivity contribution in [2.24, 2.45) is 0 Å². The molecular formula is C26H28N6O2S. The van der Waals surface area contributed by atoms with Crippen LogP contribution in [0.3, 0.4) is 0 Å². The Balaban J connectivity index is 1.29. The number of para-hydroxylation sites is 1. The number of hydrogen-bond acceptors (Lipinski definition) is 6. The maximum atomic E-state index is 13.1. The molecule has 9 heteroatoms. The Hall–Kier alpha value is -3.69. The van der Waals surface area contributed by atoms with Crippen molar-refractivity contribution < 1.29 is 8.42 Å². The molecule has 180 valence electrons. The second-order valence-electron chi connectivity index (χ2n) is 8.78. The van der Waals surface area contributed by atoms with Crippen LogP contribution in [0.2, 0.25) is 0 Å². The summed E-state index contributed by atoms with van der Waals surface area (Å²) in [6.45, 7) is 1.05. The third-order valence-electron chi connectivity index (χ3n) is 6.23. The molecule has 0 saturated carbocycles. The summed E-state index contributed by atoms with van der Waals surface area (Å²) in [5, 5.41) is 2.63. The lowest BCUT2D eigenvalue weighted by Crippen LogP contribution is -2.25. The largest absolute Gasteiger partial charge is 0.382 e. The van der Waals surface area contributed by atoms with Gasteiger partial charge in [0.25, 0.3) is 0 Å². The van der Waals surface area contributed by atoms with Gasteiger partial charge in [0, 0.05) is 49.0 Å². The van der Waals surface area contributed by atoms with E-state index in [1.165, 1.54) is 0 Å². The van der Waals surface area contributed by atoms with E-state index in [1.54, 1.807) is 18.5 Å². The molecule has 0 saturated heterocycles. The SMILES string of the molecule is CN(C)c1cccc2c(S(=O)(=O)NCCCCn3cnc4c(N)nc5ccccc5c43)cccc12. The Labute approximate surface area is 204 Å². The van der Waals surface area contributed by atoms with Crippen LogP contribution < -0.4 is 15.4 Å². The summed E-state index contributed by atoms with van der Waals surface area (Å²) in [5.41, 5.74) is 9.58. The standard InChI is InChI=1S/C26H28N6O2S/c1-31(2)22-13-7-11-19-18(22)10-8-14-23(19)35(33,34)29-15-5-6-16-32-17-28-24-25(32)20-9-3-4-12-21(20)30-26(24)27/h3-4,7-14,17,29H,5-6,15-16H2,1-2H3,(H2,27,30). The number of fused-ring (bicyclic) bond motifs is 4. The van der Waals surface area contributed by atoms with Crippen LogP contribution in [0.15, 0.2) is 71.9 Å². The van der Waals surface area contributed by atoms with Gasteiger partial charge >= 0.3 is 0 Å². The number of nitrogens with one attached hydrogen (secondary N) is 1. The van der Waals surface area contributed by atoms with Crippen molar-refractivity contribution in [1.82, 2.24) is 19.3 Å². The van der Waals surface area contributed by atoms with E-state index in [4.69, 9.17) is 5.73 Å². The maximum absolute atomic E-state index is 13.1. The molecule has 2 aromatic heterocycles. The maximum Gasteiger partial charge on any atom is 0.241 e. The van der Waals surface area contributed by atoms with E-state index in [9.17, 15) is 8.42 Å². The Kier molecular flexibility index (Phi) is 6.04. The number of nitrogens with two attached hydrogens (primary N) is 1. The van der Waals surface area contributed by atoms with Gasteiger partial charge in [-0.25, -0.2) is 23.1 Å². The zero-order valence-corrected chi connectivity index (χ0v) is 20.6. The second kappa shape index (κ2) is 9.16. The molecule has 3 N–H and O–H groups in total. The number of unbranched alkanes of at least 4 members (excludes halogenated alkanes) is 1. The molecule has 5 rings (SSSR count). The topological polar surface area (TPSA) is 106 Å². The molecule has 0 unspecified atom stereocenters. The number of aromatic nitrogens is 3. The lowest BCUT2D eigenvalue weighted by molar-refractivity contribution is 0.569. The van der Waals surface area contributed by atoms with Gasteiger partial charge in [0.15, 0.2) is 5.82 Å². The van der Waals surface area contributed by atoms with Crippen molar-refractivity contribution in [3.8, 4) is 0 Å². The minimum absolute atomic E-state index is 0.300. The Morgan fingerprint density at radius 1 is 0.943 bits per heavy atom. The van der Waals surface area contributed by atoms with Crippen LogP contribution in [0.5, 0.6) is 0 Å². The first-order valence-corrected chi connectivity index (χ1v) is 13.0. The molecule has 0 amide bonds. The molecule has 0 atom stereocenters. The average Bonchev–Trinajstić information content (AvgIpc) is 3.28. The summed E-state index contributed by atoms with van der Waals surface area (Å²) in [7, 11) is 0.254. The van der Waals surface area contributed by atoms with Gasteiger partial charge in [-0.05, 0) is 31.0 Å². The minimum Gasteiger partial charge on any atom is -0.382 e.